The Labute approximate surface area is 125 Å². The van der Waals surface area contributed by atoms with Gasteiger partial charge in [-0.3, -0.25) is 10.1 Å². The van der Waals surface area contributed by atoms with Crippen LogP contribution >= 0.6 is 12.2 Å². The number of benzene rings is 1. The number of azo groups is 1. The Morgan fingerprint density at radius 1 is 1.43 bits per heavy atom. The van der Waals surface area contributed by atoms with Crippen molar-refractivity contribution in [3.63, 3.8) is 0 Å². The van der Waals surface area contributed by atoms with E-state index in [0.29, 0.717) is 22.8 Å². The molecule has 9 heteroatoms. The summed E-state index contributed by atoms with van der Waals surface area (Å²) in [6, 6.07) is 5.90. The average Bonchev–Trinajstić information content (AvgIpc) is 2.72. The largest absolute Gasteiger partial charge is 0.374 e. The summed E-state index contributed by atoms with van der Waals surface area (Å²) in [5.74, 6) is 0. The first kappa shape index (κ1) is 14.7. The predicted molar refractivity (Wildman–Crippen MR) is 81.2 cm³/mol. The van der Waals surface area contributed by atoms with Crippen molar-refractivity contribution in [3.8, 4) is 0 Å². The fourth-order valence-electron chi connectivity index (χ4n) is 1.77. The van der Waals surface area contributed by atoms with Crippen molar-refractivity contribution in [1.82, 2.24) is 9.78 Å². The van der Waals surface area contributed by atoms with Crippen LogP contribution in [0.4, 0.5) is 17.1 Å². The van der Waals surface area contributed by atoms with Crippen molar-refractivity contribution in [2.24, 2.45) is 16.0 Å². The Morgan fingerprint density at radius 2 is 2.14 bits per heavy atom. The first-order valence-corrected chi connectivity index (χ1v) is 6.33. The summed E-state index contributed by atoms with van der Waals surface area (Å²) in [6.07, 6.45) is 0. The van der Waals surface area contributed by atoms with Crippen LogP contribution in [0.25, 0.3) is 0 Å². The summed E-state index contributed by atoms with van der Waals surface area (Å²) in [7, 11) is 0. The van der Waals surface area contributed by atoms with Gasteiger partial charge in [-0.1, -0.05) is 6.07 Å². The van der Waals surface area contributed by atoms with Crippen LogP contribution in [-0.4, -0.2) is 19.8 Å². The van der Waals surface area contributed by atoms with E-state index >= 15 is 0 Å². The first-order chi connectivity index (χ1) is 9.90. The highest BCUT2D eigenvalue weighted by atomic mass is 32.1. The molecule has 0 atom stereocenters. The van der Waals surface area contributed by atoms with Gasteiger partial charge in [0.2, 0.25) is 0 Å². The lowest BCUT2D eigenvalue weighted by Gasteiger charge is -1.98. The van der Waals surface area contributed by atoms with Crippen molar-refractivity contribution in [2.75, 3.05) is 0 Å². The predicted octanol–water partition coefficient (Wildman–Crippen LogP) is 2.92. The van der Waals surface area contributed by atoms with Crippen LogP contribution in [0.2, 0.25) is 0 Å². The van der Waals surface area contributed by atoms with Gasteiger partial charge in [-0.05, 0) is 32.1 Å². The molecule has 1 aromatic carbocycles. The van der Waals surface area contributed by atoms with Crippen molar-refractivity contribution in [2.45, 2.75) is 13.8 Å². The van der Waals surface area contributed by atoms with Gasteiger partial charge in [0.1, 0.15) is 5.69 Å². The molecule has 0 saturated heterocycles. The molecule has 0 amide bonds. The number of aromatic nitrogens is 2. The Kier molecular flexibility index (Phi) is 4.03. The van der Waals surface area contributed by atoms with Crippen molar-refractivity contribution < 1.29 is 4.92 Å². The second-order valence-corrected chi connectivity index (χ2v) is 4.66. The van der Waals surface area contributed by atoms with Gasteiger partial charge in [-0.15, -0.1) is 5.11 Å². The summed E-state index contributed by atoms with van der Waals surface area (Å²) in [4.78, 5) is 10.2. The lowest BCUT2D eigenvalue weighted by Crippen LogP contribution is -2.21. The molecule has 0 radical (unpaired) electrons. The molecule has 0 bridgehead atoms. The SMILES string of the molecule is Cc1nn(C(N)=S)c(C)c1N=Nc1cccc([N+](=O)[O-])c1. The average molecular weight is 304 g/mol. The molecule has 0 aliphatic carbocycles. The summed E-state index contributed by atoms with van der Waals surface area (Å²) < 4.78 is 1.40. The summed E-state index contributed by atoms with van der Waals surface area (Å²) in [6.45, 7) is 3.52. The maximum absolute atomic E-state index is 10.7. The Balaban J connectivity index is 2.36. The van der Waals surface area contributed by atoms with E-state index in [1.54, 1.807) is 26.0 Å². The fraction of sp³-hybridized carbons (Fsp3) is 0.167. The van der Waals surface area contributed by atoms with Gasteiger partial charge in [0.05, 0.1) is 22.0 Å². The topological polar surface area (TPSA) is 112 Å². The zero-order valence-electron chi connectivity index (χ0n) is 11.3. The fourth-order valence-corrected chi connectivity index (χ4v) is 1.95. The molecule has 2 N–H and O–H groups in total. The van der Waals surface area contributed by atoms with E-state index in [2.05, 4.69) is 15.3 Å². The minimum absolute atomic E-state index is 0.0428. The Morgan fingerprint density at radius 3 is 2.71 bits per heavy atom. The van der Waals surface area contributed by atoms with E-state index in [0.717, 1.165) is 0 Å². The first-order valence-electron chi connectivity index (χ1n) is 5.92. The van der Waals surface area contributed by atoms with Crippen molar-refractivity contribution in [1.29, 1.82) is 0 Å². The number of nitro benzene ring substituents is 1. The molecule has 21 heavy (non-hydrogen) atoms. The minimum atomic E-state index is -0.486. The highest BCUT2D eigenvalue weighted by Crippen LogP contribution is 2.26. The Hall–Kier alpha value is -2.68. The monoisotopic (exact) mass is 304 g/mol. The number of thiocarbonyl (C=S) groups is 1. The van der Waals surface area contributed by atoms with Crippen LogP contribution in [0, 0.1) is 24.0 Å². The lowest BCUT2D eigenvalue weighted by atomic mass is 10.3. The molecule has 1 aromatic heterocycles. The van der Waals surface area contributed by atoms with Crippen LogP contribution in [0.3, 0.4) is 0 Å². The zero-order valence-corrected chi connectivity index (χ0v) is 12.2. The molecule has 0 spiro atoms. The third-order valence-corrected chi connectivity index (χ3v) is 2.94. The van der Waals surface area contributed by atoms with E-state index in [1.165, 1.54) is 16.8 Å². The lowest BCUT2D eigenvalue weighted by molar-refractivity contribution is -0.384. The normalized spacial score (nSPS) is 11.0. The summed E-state index contributed by atoms with van der Waals surface area (Å²) in [5.41, 5.74) is 7.70. The molecule has 0 fully saturated rings. The van der Waals surface area contributed by atoms with Gasteiger partial charge < -0.3 is 5.73 Å². The highest BCUT2D eigenvalue weighted by Gasteiger charge is 2.12. The maximum Gasteiger partial charge on any atom is 0.271 e. The molecule has 1 heterocycles. The summed E-state index contributed by atoms with van der Waals surface area (Å²) in [5, 5.41) is 23.1. The molecule has 0 aliphatic heterocycles. The van der Waals surface area contributed by atoms with E-state index in [4.69, 9.17) is 18.0 Å². The molecular formula is C12H12N6O2S. The van der Waals surface area contributed by atoms with Gasteiger partial charge in [0.25, 0.3) is 5.69 Å². The third kappa shape index (κ3) is 3.08. The van der Waals surface area contributed by atoms with Gasteiger partial charge in [-0.25, -0.2) is 4.68 Å². The van der Waals surface area contributed by atoms with Crippen LogP contribution in [0.5, 0.6) is 0 Å². The van der Waals surface area contributed by atoms with Crippen LogP contribution in [-0.2, 0) is 0 Å². The zero-order chi connectivity index (χ0) is 15.6. The van der Waals surface area contributed by atoms with E-state index in [9.17, 15) is 10.1 Å². The summed E-state index contributed by atoms with van der Waals surface area (Å²) >= 11 is 4.88. The van der Waals surface area contributed by atoms with Gasteiger partial charge in [-0.2, -0.15) is 10.2 Å². The van der Waals surface area contributed by atoms with Gasteiger partial charge >= 0.3 is 0 Å². The quantitative estimate of drug-likeness (QED) is 0.405. The van der Waals surface area contributed by atoms with Crippen molar-refractivity contribution >= 4 is 34.4 Å². The molecule has 0 aliphatic rings. The van der Waals surface area contributed by atoms with Crippen LogP contribution in [0.1, 0.15) is 11.4 Å². The number of nitro groups is 1. The molecule has 2 rings (SSSR count). The molecular weight excluding hydrogens is 292 g/mol. The number of hydrogen-bond acceptors (Lipinski definition) is 6. The number of nitrogens with zero attached hydrogens (tertiary/aromatic N) is 5. The smallest absolute Gasteiger partial charge is 0.271 e. The van der Waals surface area contributed by atoms with E-state index < -0.39 is 4.92 Å². The molecule has 8 nitrogen and oxygen atoms in total. The second-order valence-electron chi connectivity index (χ2n) is 4.25. The maximum atomic E-state index is 10.7. The Bertz CT molecular complexity index is 752. The molecule has 108 valence electrons. The molecule has 2 aromatic rings. The highest BCUT2D eigenvalue weighted by molar-refractivity contribution is 7.80. The van der Waals surface area contributed by atoms with Crippen LogP contribution in [0.15, 0.2) is 34.5 Å². The number of nitrogens with two attached hydrogens (primary N) is 1. The number of hydrogen-bond donors (Lipinski definition) is 1. The number of rotatable bonds is 3. The van der Waals surface area contributed by atoms with Crippen molar-refractivity contribution in [3.05, 3.63) is 45.8 Å². The number of non-ortho nitro benzene ring substituents is 1. The van der Waals surface area contributed by atoms with Gasteiger partial charge in [0, 0.05) is 12.1 Å². The molecule has 0 saturated carbocycles. The van der Waals surface area contributed by atoms with E-state index in [-0.39, 0.29) is 10.8 Å². The standard InChI is InChI=1S/C12H12N6O2S/c1-7-11(8(2)17(16-7)12(13)21)15-14-9-4-3-5-10(6-9)18(19)20/h3-6H,1-2H3,(H2,13,21). The third-order valence-electron chi connectivity index (χ3n) is 2.77. The second kappa shape index (κ2) is 5.75. The van der Waals surface area contributed by atoms with E-state index in [1.807, 2.05) is 0 Å². The van der Waals surface area contributed by atoms with Gasteiger partial charge in [0.15, 0.2) is 5.11 Å². The molecule has 0 unspecified atom stereocenters. The minimum Gasteiger partial charge on any atom is -0.374 e. The van der Waals surface area contributed by atoms with Crippen LogP contribution < -0.4 is 5.73 Å². The number of aryl methyl sites for hydroxylation is 1.